The quantitative estimate of drug-likeness (QED) is 0.694. The van der Waals surface area contributed by atoms with Gasteiger partial charge in [0.05, 0.1) is 5.60 Å². The maximum absolute atomic E-state index is 9.91. The molecule has 2 aliphatic rings. The van der Waals surface area contributed by atoms with Crippen LogP contribution in [-0.2, 0) is 0 Å². The van der Waals surface area contributed by atoms with Gasteiger partial charge < -0.3 is 15.3 Å². The van der Waals surface area contributed by atoms with Gasteiger partial charge in [-0.25, -0.2) is 0 Å². The highest BCUT2D eigenvalue weighted by atomic mass is 16.3. The summed E-state index contributed by atoms with van der Waals surface area (Å²) in [5, 5.41) is 13.3. The largest absolute Gasteiger partial charge is 0.390 e. The van der Waals surface area contributed by atoms with Crippen molar-refractivity contribution in [1.82, 2.24) is 10.2 Å². The van der Waals surface area contributed by atoms with Gasteiger partial charge in [-0.15, -0.1) is 0 Å². The molecule has 0 spiro atoms. The van der Waals surface area contributed by atoms with E-state index in [1.165, 1.54) is 26.1 Å². The third-order valence-corrected chi connectivity index (χ3v) is 3.61. The van der Waals surface area contributed by atoms with Crippen LogP contribution in [0.4, 0.5) is 0 Å². The normalized spacial score (nSPS) is 27.2. The third-order valence-electron chi connectivity index (χ3n) is 3.61. The first-order valence-electron chi connectivity index (χ1n) is 5.94. The molecular formula is C11H22N2O. The van der Waals surface area contributed by atoms with Crippen LogP contribution < -0.4 is 5.32 Å². The van der Waals surface area contributed by atoms with Crippen molar-refractivity contribution in [2.45, 2.75) is 37.7 Å². The van der Waals surface area contributed by atoms with Gasteiger partial charge in [0.25, 0.3) is 0 Å². The minimum Gasteiger partial charge on any atom is -0.390 e. The van der Waals surface area contributed by atoms with Crippen LogP contribution in [0.25, 0.3) is 0 Å². The first kappa shape index (κ1) is 10.4. The van der Waals surface area contributed by atoms with Crippen LogP contribution in [0, 0.1) is 0 Å². The fraction of sp³-hybridized carbons (Fsp3) is 1.00. The summed E-state index contributed by atoms with van der Waals surface area (Å²) in [6.07, 6.45) is 5.47. The molecule has 0 unspecified atom stereocenters. The Kier molecular flexibility index (Phi) is 3.42. The average molecular weight is 198 g/mol. The van der Waals surface area contributed by atoms with E-state index in [1.807, 2.05) is 0 Å². The SMILES string of the molecule is OC1(CCCN2CCNCC2)CCC1. The van der Waals surface area contributed by atoms with Crippen molar-refractivity contribution in [3.63, 3.8) is 0 Å². The summed E-state index contributed by atoms with van der Waals surface area (Å²) in [5.74, 6) is 0. The van der Waals surface area contributed by atoms with Crippen molar-refractivity contribution in [2.75, 3.05) is 32.7 Å². The predicted octanol–water partition coefficient (Wildman–Crippen LogP) is 0.587. The number of hydrogen-bond donors (Lipinski definition) is 2. The molecule has 82 valence electrons. The monoisotopic (exact) mass is 198 g/mol. The smallest absolute Gasteiger partial charge is 0.0648 e. The van der Waals surface area contributed by atoms with Gasteiger partial charge in [-0.1, -0.05) is 0 Å². The first-order valence-corrected chi connectivity index (χ1v) is 5.94. The Hall–Kier alpha value is -0.120. The maximum Gasteiger partial charge on any atom is 0.0648 e. The number of nitrogens with zero attached hydrogens (tertiary/aromatic N) is 1. The van der Waals surface area contributed by atoms with E-state index in [-0.39, 0.29) is 5.60 Å². The lowest BCUT2D eigenvalue weighted by Crippen LogP contribution is -2.44. The molecular weight excluding hydrogens is 176 g/mol. The highest BCUT2D eigenvalue weighted by Gasteiger charge is 2.33. The molecule has 1 saturated carbocycles. The summed E-state index contributed by atoms with van der Waals surface area (Å²) in [5.41, 5.74) is -0.270. The van der Waals surface area contributed by atoms with Crippen LogP contribution in [0.1, 0.15) is 32.1 Å². The Morgan fingerprint density at radius 3 is 2.50 bits per heavy atom. The van der Waals surface area contributed by atoms with Crippen molar-refractivity contribution in [3.05, 3.63) is 0 Å². The fourth-order valence-corrected chi connectivity index (χ4v) is 2.40. The molecule has 0 aromatic heterocycles. The summed E-state index contributed by atoms with van der Waals surface area (Å²) in [4.78, 5) is 2.50. The first-order chi connectivity index (χ1) is 6.79. The van der Waals surface area contributed by atoms with Gasteiger partial charge in [0.1, 0.15) is 0 Å². The zero-order valence-electron chi connectivity index (χ0n) is 8.97. The average Bonchev–Trinajstić information content (AvgIpc) is 2.17. The van der Waals surface area contributed by atoms with Crippen LogP contribution in [-0.4, -0.2) is 48.3 Å². The second-order valence-electron chi connectivity index (χ2n) is 4.77. The molecule has 14 heavy (non-hydrogen) atoms. The summed E-state index contributed by atoms with van der Waals surface area (Å²) >= 11 is 0. The van der Waals surface area contributed by atoms with Gasteiger partial charge in [-0.2, -0.15) is 0 Å². The van der Waals surface area contributed by atoms with Crippen LogP contribution in [0.15, 0.2) is 0 Å². The number of nitrogens with one attached hydrogen (secondary N) is 1. The number of aliphatic hydroxyl groups is 1. The molecule has 1 aliphatic heterocycles. The van der Waals surface area contributed by atoms with E-state index in [1.54, 1.807) is 0 Å². The van der Waals surface area contributed by atoms with Crippen molar-refractivity contribution in [1.29, 1.82) is 0 Å². The van der Waals surface area contributed by atoms with E-state index in [2.05, 4.69) is 10.2 Å². The van der Waals surface area contributed by atoms with E-state index in [4.69, 9.17) is 0 Å². The Morgan fingerprint density at radius 2 is 1.93 bits per heavy atom. The van der Waals surface area contributed by atoms with E-state index in [0.717, 1.165) is 38.8 Å². The molecule has 2 rings (SSSR count). The second-order valence-corrected chi connectivity index (χ2v) is 4.77. The minimum atomic E-state index is -0.270. The van der Waals surface area contributed by atoms with Crippen molar-refractivity contribution in [3.8, 4) is 0 Å². The summed E-state index contributed by atoms with van der Waals surface area (Å²) in [7, 11) is 0. The highest BCUT2D eigenvalue weighted by Crippen LogP contribution is 2.35. The topological polar surface area (TPSA) is 35.5 Å². The lowest BCUT2D eigenvalue weighted by atomic mass is 9.77. The van der Waals surface area contributed by atoms with E-state index < -0.39 is 0 Å². The van der Waals surface area contributed by atoms with Crippen LogP contribution in [0.2, 0.25) is 0 Å². The molecule has 0 aromatic carbocycles. The van der Waals surface area contributed by atoms with Crippen molar-refractivity contribution < 1.29 is 5.11 Å². The predicted molar refractivity (Wildman–Crippen MR) is 57.3 cm³/mol. The molecule has 0 amide bonds. The summed E-state index contributed by atoms with van der Waals surface area (Å²) < 4.78 is 0. The van der Waals surface area contributed by atoms with Gasteiger partial charge in [0.2, 0.25) is 0 Å². The highest BCUT2D eigenvalue weighted by molar-refractivity contribution is 4.87. The zero-order chi connectivity index (χ0) is 9.86. The van der Waals surface area contributed by atoms with Gasteiger partial charge in [-0.3, -0.25) is 0 Å². The third kappa shape index (κ3) is 2.69. The Bertz CT molecular complexity index is 174. The molecule has 0 radical (unpaired) electrons. The summed E-state index contributed by atoms with van der Waals surface area (Å²) in [6.45, 7) is 5.79. The van der Waals surface area contributed by atoms with Gasteiger partial charge in [0, 0.05) is 26.2 Å². The minimum absolute atomic E-state index is 0.270. The van der Waals surface area contributed by atoms with Crippen molar-refractivity contribution >= 4 is 0 Å². The van der Waals surface area contributed by atoms with Gasteiger partial charge >= 0.3 is 0 Å². The van der Waals surface area contributed by atoms with Crippen LogP contribution in [0.3, 0.4) is 0 Å². The zero-order valence-corrected chi connectivity index (χ0v) is 8.97. The molecule has 0 aromatic rings. The molecule has 0 atom stereocenters. The Morgan fingerprint density at radius 1 is 1.21 bits per heavy atom. The molecule has 1 heterocycles. The number of hydrogen-bond acceptors (Lipinski definition) is 3. The maximum atomic E-state index is 9.91. The summed E-state index contributed by atoms with van der Waals surface area (Å²) in [6, 6.07) is 0. The molecule has 1 saturated heterocycles. The molecule has 3 heteroatoms. The van der Waals surface area contributed by atoms with E-state index >= 15 is 0 Å². The van der Waals surface area contributed by atoms with E-state index in [0.29, 0.717) is 0 Å². The van der Waals surface area contributed by atoms with Gasteiger partial charge in [-0.05, 0) is 38.6 Å². The molecule has 2 fully saturated rings. The lowest BCUT2D eigenvalue weighted by Gasteiger charge is -2.37. The van der Waals surface area contributed by atoms with E-state index in [9.17, 15) is 5.11 Å². The Labute approximate surface area is 86.5 Å². The van der Waals surface area contributed by atoms with Crippen LogP contribution >= 0.6 is 0 Å². The number of rotatable bonds is 4. The fourth-order valence-electron chi connectivity index (χ4n) is 2.40. The van der Waals surface area contributed by atoms with Gasteiger partial charge in [0.15, 0.2) is 0 Å². The Balaban J connectivity index is 1.57. The number of piperazine rings is 1. The molecule has 3 nitrogen and oxygen atoms in total. The molecule has 0 bridgehead atoms. The molecule has 2 N–H and O–H groups in total. The second kappa shape index (κ2) is 4.60. The van der Waals surface area contributed by atoms with Crippen molar-refractivity contribution in [2.24, 2.45) is 0 Å². The molecule has 1 aliphatic carbocycles. The standard InChI is InChI=1S/C11H22N2O/c14-11(3-1-4-11)5-2-8-13-9-6-12-7-10-13/h12,14H,1-10H2. The lowest BCUT2D eigenvalue weighted by molar-refractivity contribution is -0.0431. The van der Waals surface area contributed by atoms with Crippen LogP contribution in [0.5, 0.6) is 0 Å².